The third-order valence-corrected chi connectivity index (χ3v) is 5.00. The molecule has 166 valence electrons. The molecule has 0 aromatic heterocycles. The van der Waals surface area contributed by atoms with Crippen molar-refractivity contribution in [3.05, 3.63) is 58.6 Å². The first-order valence-electron chi connectivity index (χ1n) is 8.88. The summed E-state index contributed by atoms with van der Waals surface area (Å²) in [5, 5.41) is 0.379. The Morgan fingerprint density at radius 1 is 1.13 bits per heavy atom. The highest BCUT2D eigenvalue weighted by atomic mass is 35.5. The van der Waals surface area contributed by atoms with Crippen LogP contribution in [0.4, 0.5) is 13.2 Å². The Balaban J connectivity index is 1.95. The predicted molar refractivity (Wildman–Crippen MR) is 106 cm³/mol. The fourth-order valence-corrected chi connectivity index (χ4v) is 3.38. The SMILES string of the molecule is C[C@@](N)(CCCc1ccc(Oc2cccc(C(F)(F)F)c2)cc1Cl)COP(=O)(O)O. The van der Waals surface area contributed by atoms with Gasteiger partial charge in [-0.3, -0.25) is 4.52 Å². The Hall–Kier alpha value is -1.61. The van der Waals surface area contributed by atoms with Crippen LogP contribution in [0.25, 0.3) is 0 Å². The molecule has 0 fully saturated rings. The fraction of sp³-hybridized carbons (Fsp3) is 0.368. The standard InChI is InChI=1S/C19H22ClF3NO5P/c1-18(24,12-28-30(25,26)27)9-3-4-13-7-8-16(11-17(13)20)29-15-6-2-5-14(10-15)19(21,22)23/h2,5-8,10-11H,3-4,9,12,24H2,1H3,(H2,25,26,27)/t18-/m1/s1. The van der Waals surface area contributed by atoms with Crippen LogP contribution in [0.2, 0.25) is 5.02 Å². The van der Waals surface area contributed by atoms with Crippen LogP contribution in [-0.2, 0) is 21.7 Å². The molecule has 0 bridgehead atoms. The van der Waals surface area contributed by atoms with Crippen molar-refractivity contribution < 1.29 is 36.8 Å². The number of halogens is 4. The minimum atomic E-state index is -4.58. The van der Waals surface area contributed by atoms with Gasteiger partial charge in [-0.1, -0.05) is 23.7 Å². The summed E-state index contributed by atoms with van der Waals surface area (Å²) in [6.45, 7) is 1.32. The van der Waals surface area contributed by atoms with Crippen LogP contribution in [0.3, 0.4) is 0 Å². The molecular weight excluding hydrogens is 446 g/mol. The van der Waals surface area contributed by atoms with Gasteiger partial charge >= 0.3 is 14.0 Å². The Morgan fingerprint density at radius 3 is 2.40 bits per heavy atom. The number of hydrogen-bond acceptors (Lipinski definition) is 4. The number of phosphoric ester groups is 1. The highest BCUT2D eigenvalue weighted by Crippen LogP contribution is 2.37. The summed E-state index contributed by atoms with van der Waals surface area (Å²) < 4.78 is 59.1. The number of alkyl halides is 3. The predicted octanol–water partition coefficient (Wildman–Crippen LogP) is 5.30. The van der Waals surface area contributed by atoms with Gasteiger partial charge in [-0.15, -0.1) is 0 Å². The Kier molecular flexibility index (Phi) is 7.96. The molecule has 2 aromatic carbocycles. The quantitative estimate of drug-likeness (QED) is 0.432. The lowest BCUT2D eigenvalue weighted by molar-refractivity contribution is -0.137. The summed E-state index contributed by atoms with van der Waals surface area (Å²) in [6.07, 6.45) is -2.93. The van der Waals surface area contributed by atoms with Crippen LogP contribution in [0.15, 0.2) is 42.5 Å². The summed E-state index contributed by atoms with van der Waals surface area (Å²) in [5.74, 6) is 0.333. The summed E-state index contributed by atoms with van der Waals surface area (Å²) in [6, 6.07) is 9.34. The first kappa shape index (κ1) is 24.7. The second-order valence-corrected chi connectivity index (χ2v) is 8.80. The molecule has 0 aliphatic heterocycles. The summed E-state index contributed by atoms with van der Waals surface area (Å²) in [7, 11) is -4.58. The van der Waals surface area contributed by atoms with Crippen molar-refractivity contribution in [2.75, 3.05) is 6.61 Å². The molecule has 0 saturated carbocycles. The second kappa shape index (κ2) is 9.68. The van der Waals surface area contributed by atoms with Gasteiger partial charge in [0.2, 0.25) is 0 Å². The van der Waals surface area contributed by atoms with E-state index in [4.69, 9.17) is 31.9 Å². The molecule has 0 aliphatic rings. The van der Waals surface area contributed by atoms with E-state index in [-0.39, 0.29) is 12.4 Å². The highest BCUT2D eigenvalue weighted by Gasteiger charge is 2.30. The molecule has 0 saturated heterocycles. The number of aryl methyl sites for hydroxylation is 1. The lowest BCUT2D eigenvalue weighted by Gasteiger charge is -2.24. The van der Waals surface area contributed by atoms with Crippen LogP contribution in [0.1, 0.15) is 30.9 Å². The number of phosphoric acid groups is 1. The average Bonchev–Trinajstić information content (AvgIpc) is 2.61. The van der Waals surface area contributed by atoms with Crippen LogP contribution in [-0.4, -0.2) is 21.9 Å². The molecule has 0 radical (unpaired) electrons. The zero-order valence-corrected chi connectivity index (χ0v) is 17.7. The molecule has 11 heteroatoms. The second-order valence-electron chi connectivity index (χ2n) is 7.15. The van der Waals surface area contributed by atoms with E-state index in [2.05, 4.69) is 4.52 Å². The van der Waals surface area contributed by atoms with Gasteiger partial charge < -0.3 is 20.3 Å². The van der Waals surface area contributed by atoms with Gasteiger partial charge in [0.05, 0.1) is 12.2 Å². The molecule has 0 spiro atoms. The topological polar surface area (TPSA) is 102 Å². The van der Waals surface area contributed by atoms with E-state index in [0.717, 1.165) is 17.7 Å². The third-order valence-electron chi connectivity index (χ3n) is 4.18. The summed E-state index contributed by atoms with van der Waals surface area (Å²) in [4.78, 5) is 17.5. The molecule has 0 aliphatic carbocycles. The van der Waals surface area contributed by atoms with E-state index in [1.165, 1.54) is 18.2 Å². The van der Waals surface area contributed by atoms with E-state index < -0.39 is 25.1 Å². The van der Waals surface area contributed by atoms with Gasteiger partial charge in [-0.2, -0.15) is 13.2 Å². The van der Waals surface area contributed by atoms with Crippen LogP contribution in [0, 0.1) is 0 Å². The van der Waals surface area contributed by atoms with Crippen LogP contribution >= 0.6 is 19.4 Å². The average molecular weight is 468 g/mol. The number of nitrogens with two attached hydrogens (primary N) is 1. The lowest BCUT2D eigenvalue weighted by Crippen LogP contribution is -2.40. The lowest BCUT2D eigenvalue weighted by atomic mass is 9.95. The number of rotatable bonds is 9. The highest BCUT2D eigenvalue weighted by molar-refractivity contribution is 7.46. The Bertz CT molecular complexity index is 917. The van der Waals surface area contributed by atoms with E-state index >= 15 is 0 Å². The van der Waals surface area contributed by atoms with Gasteiger partial charge in [0.15, 0.2) is 0 Å². The van der Waals surface area contributed by atoms with Crippen LogP contribution in [0.5, 0.6) is 11.5 Å². The van der Waals surface area contributed by atoms with Gasteiger partial charge in [0.1, 0.15) is 11.5 Å². The van der Waals surface area contributed by atoms with Crippen LogP contribution < -0.4 is 10.5 Å². The van der Waals surface area contributed by atoms with E-state index in [1.807, 2.05) is 0 Å². The molecule has 0 unspecified atom stereocenters. The third kappa shape index (κ3) is 8.26. The van der Waals surface area contributed by atoms with Gasteiger partial charge in [0.25, 0.3) is 0 Å². The maximum Gasteiger partial charge on any atom is 0.469 e. The van der Waals surface area contributed by atoms with Gasteiger partial charge in [-0.25, -0.2) is 4.57 Å². The molecule has 2 rings (SSSR count). The summed E-state index contributed by atoms with van der Waals surface area (Å²) >= 11 is 6.25. The molecule has 2 aromatic rings. The minimum Gasteiger partial charge on any atom is -0.457 e. The van der Waals surface area contributed by atoms with Crippen molar-refractivity contribution in [3.63, 3.8) is 0 Å². The molecule has 0 amide bonds. The minimum absolute atomic E-state index is 0.0394. The molecular formula is C19H22ClF3NO5P. The Labute approximate surface area is 177 Å². The van der Waals surface area contributed by atoms with Crippen molar-refractivity contribution >= 4 is 19.4 Å². The van der Waals surface area contributed by atoms with Crippen molar-refractivity contribution in [2.24, 2.45) is 5.73 Å². The Morgan fingerprint density at radius 2 is 1.80 bits per heavy atom. The first-order valence-corrected chi connectivity index (χ1v) is 10.8. The zero-order valence-electron chi connectivity index (χ0n) is 16.0. The number of benzene rings is 2. The van der Waals surface area contributed by atoms with Crippen molar-refractivity contribution in [1.82, 2.24) is 0 Å². The molecule has 30 heavy (non-hydrogen) atoms. The van der Waals surface area contributed by atoms with E-state index in [1.54, 1.807) is 19.1 Å². The number of hydrogen-bond donors (Lipinski definition) is 3. The smallest absolute Gasteiger partial charge is 0.457 e. The maximum absolute atomic E-state index is 12.8. The fourth-order valence-electron chi connectivity index (χ4n) is 2.65. The molecule has 1 atom stereocenters. The monoisotopic (exact) mass is 467 g/mol. The van der Waals surface area contributed by atoms with Gasteiger partial charge in [0, 0.05) is 10.6 Å². The zero-order chi connectivity index (χ0) is 22.6. The summed E-state index contributed by atoms with van der Waals surface area (Å²) in [5.41, 5.74) is 5.01. The largest absolute Gasteiger partial charge is 0.469 e. The molecule has 6 nitrogen and oxygen atoms in total. The molecule has 0 heterocycles. The maximum atomic E-state index is 12.8. The van der Waals surface area contributed by atoms with Crippen molar-refractivity contribution in [2.45, 2.75) is 37.9 Å². The van der Waals surface area contributed by atoms with Crippen molar-refractivity contribution in [1.29, 1.82) is 0 Å². The van der Waals surface area contributed by atoms with E-state index in [9.17, 15) is 17.7 Å². The van der Waals surface area contributed by atoms with Gasteiger partial charge in [-0.05, 0) is 62.1 Å². The normalized spacial score (nSPS) is 14.4. The van der Waals surface area contributed by atoms with E-state index in [0.29, 0.717) is 30.0 Å². The van der Waals surface area contributed by atoms with Crippen molar-refractivity contribution in [3.8, 4) is 11.5 Å². The number of ether oxygens (including phenoxy) is 1. The first-order chi connectivity index (χ1) is 13.8. The molecule has 4 N–H and O–H groups in total.